The van der Waals surface area contributed by atoms with Gasteiger partial charge in [-0.3, -0.25) is 9.59 Å². The van der Waals surface area contributed by atoms with Crippen LogP contribution in [-0.4, -0.2) is 69.1 Å². The molecule has 11 nitrogen and oxygen atoms in total. The number of likely N-dealkylation sites (tertiary alicyclic amines) is 1. The van der Waals surface area contributed by atoms with Gasteiger partial charge in [0.2, 0.25) is 5.91 Å². The van der Waals surface area contributed by atoms with Gasteiger partial charge in [-0.1, -0.05) is 37.2 Å². The number of amides is 2. The molecule has 12 heteroatoms. The van der Waals surface area contributed by atoms with Crippen LogP contribution < -0.4 is 5.32 Å². The van der Waals surface area contributed by atoms with Crippen LogP contribution in [-0.2, 0) is 24.2 Å². The van der Waals surface area contributed by atoms with Crippen molar-refractivity contribution in [2.75, 3.05) is 19.9 Å². The average Bonchev–Trinajstić information content (AvgIpc) is 3.27. The van der Waals surface area contributed by atoms with Gasteiger partial charge in [0.1, 0.15) is 12.1 Å². The Morgan fingerprint density at radius 2 is 1.86 bits per heavy atom. The van der Waals surface area contributed by atoms with E-state index >= 15 is 0 Å². The maximum absolute atomic E-state index is 13.6. The average molecular weight is 506 g/mol. The third-order valence-corrected chi connectivity index (χ3v) is 7.82. The van der Waals surface area contributed by atoms with Crippen LogP contribution in [0, 0.1) is 5.92 Å². The highest BCUT2D eigenvalue weighted by Gasteiger charge is 2.43. The minimum Gasteiger partial charge on any atom is -0.467 e. The normalized spacial score (nSPS) is 21.6. The van der Waals surface area contributed by atoms with Gasteiger partial charge < -0.3 is 15.0 Å². The standard InChI is InChI=1S/C23H31N5O6S/c1-34-23(31)20-13-17(26-27-24)14-28(20)22(30)19(12-15-6-4-3-5-7-15)25-21(29)16-8-10-18(11-9-16)35(2,32)33/h8-11,15,17,19-20H,3-7,12-14H2,1-2H3,(H,25,29)/t17-,19?,20-/m0/s1. The maximum Gasteiger partial charge on any atom is 0.328 e. The molecule has 0 bridgehead atoms. The van der Waals surface area contributed by atoms with Gasteiger partial charge >= 0.3 is 5.97 Å². The van der Waals surface area contributed by atoms with Gasteiger partial charge in [-0.05, 0) is 48.6 Å². The van der Waals surface area contributed by atoms with Crippen molar-refractivity contribution in [3.8, 4) is 0 Å². The van der Waals surface area contributed by atoms with E-state index in [1.807, 2.05) is 0 Å². The van der Waals surface area contributed by atoms with E-state index in [0.29, 0.717) is 6.42 Å². The maximum atomic E-state index is 13.6. The zero-order chi connectivity index (χ0) is 25.6. The minimum atomic E-state index is -3.41. The van der Waals surface area contributed by atoms with Gasteiger partial charge in [0, 0.05) is 23.3 Å². The molecule has 0 aromatic heterocycles. The summed E-state index contributed by atoms with van der Waals surface area (Å²) in [4.78, 5) is 43.3. The predicted molar refractivity (Wildman–Crippen MR) is 127 cm³/mol. The zero-order valence-corrected chi connectivity index (χ0v) is 20.7. The molecule has 1 aromatic carbocycles. The molecule has 2 fully saturated rings. The molecule has 1 unspecified atom stereocenters. The topological polar surface area (TPSA) is 159 Å². The minimum absolute atomic E-state index is 0.0583. The third kappa shape index (κ3) is 6.73. The molecule has 2 aliphatic rings. The summed E-state index contributed by atoms with van der Waals surface area (Å²) >= 11 is 0. The lowest BCUT2D eigenvalue weighted by Crippen LogP contribution is -2.52. The second-order valence-electron chi connectivity index (χ2n) is 9.19. The lowest BCUT2D eigenvalue weighted by atomic mass is 9.84. The Morgan fingerprint density at radius 1 is 1.20 bits per heavy atom. The summed E-state index contributed by atoms with van der Waals surface area (Å²) in [7, 11) is -2.18. The highest BCUT2D eigenvalue weighted by molar-refractivity contribution is 7.90. The molecule has 1 aliphatic carbocycles. The van der Waals surface area contributed by atoms with Crippen LogP contribution >= 0.6 is 0 Å². The van der Waals surface area contributed by atoms with Gasteiger partial charge in [-0.25, -0.2) is 13.2 Å². The first kappa shape index (κ1) is 26.5. The van der Waals surface area contributed by atoms with Crippen molar-refractivity contribution in [3.63, 3.8) is 0 Å². The SMILES string of the molecule is COC(=O)[C@@H]1C[C@H](N=[N+]=[N-])CN1C(=O)C(CC1CCCCC1)NC(=O)c1ccc(S(C)(=O)=O)cc1. The predicted octanol–water partition coefficient (Wildman–Crippen LogP) is 2.61. The monoisotopic (exact) mass is 505 g/mol. The van der Waals surface area contributed by atoms with Gasteiger partial charge in [0.15, 0.2) is 9.84 Å². The summed E-state index contributed by atoms with van der Waals surface area (Å²) < 4.78 is 28.3. The molecule has 35 heavy (non-hydrogen) atoms. The largest absolute Gasteiger partial charge is 0.467 e. The summed E-state index contributed by atoms with van der Waals surface area (Å²) in [5, 5.41) is 6.48. The van der Waals surface area contributed by atoms with Crippen molar-refractivity contribution in [2.45, 2.75) is 68.0 Å². The van der Waals surface area contributed by atoms with Crippen LogP contribution in [0.1, 0.15) is 55.3 Å². The molecular weight excluding hydrogens is 474 g/mol. The molecule has 1 heterocycles. The zero-order valence-electron chi connectivity index (χ0n) is 19.9. The quantitative estimate of drug-likeness (QED) is 0.247. The number of hydrogen-bond donors (Lipinski definition) is 1. The molecule has 1 aromatic rings. The summed E-state index contributed by atoms with van der Waals surface area (Å²) in [6, 6.07) is 3.14. The summed E-state index contributed by atoms with van der Waals surface area (Å²) in [6.45, 7) is 0.0583. The Kier molecular flexibility index (Phi) is 8.74. The van der Waals surface area contributed by atoms with E-state index < -0.39 is 45.7 Å². The first-order valence-corrected chi connectivity index (χ1v) is 13.6. The molecule has 3 atom stereocenters. The smallest absolute Gasteiger partial charge is 0.328 e. The molecule has 0 radical (unpaired) electrons. The van der Waals surface area contributed by atoms with Gasteiger partial charge in [-0.15, -0.1) is 0 Å². The Morgan fingerprint density at radius 3 is 2.43 bits per heavy atom. The lowest BCUT2D eigenvalue weighted by molar-refractivity contribution is -0.151. The van der Waals surface area contributed by atoms with Crippen LogP contribution in [0.2, 0.25) is 0 Å². The van der Waals surface area contributed by atoms with Crippen LogP contribution in [0.5, 0.6) is 0 Å². The van der Waals surface area contributed by atoms with Crippen molar-refractivity contribution < 1.29 is 27.5 Å². The van der Waals surface area contributed by atoms with Gasteiger partial charge in [-0.2, -0.15) is 0 Å². The van der Waals surface area contributed by atoms with Crippen LogP contribution in [0.15, 0.2) is 34.3 Å². The van der Waals surface area contributed by atoms with Crippen molar-refractivity contribution in [3.05, 3.63) is 40.3 Å². The van der Waals surface area contributed by atoms with Crippen LogP contribution in [0.4, 0.5) is 0 Å². The van der Waals surface area contributed by atoms with E-state index in [0.717, 1.165) is 38.4 Å². The molecule has 2 amide bonds. The van der Waals surface area contributed by atoms with Gasteiger partial charge in [0.05, 0.1) is 18.0 Å². The second kappa shape index (κ2) is 11.5. The van der Waals surface area contributed by atoms with Crippen molar-refractivity contribution in [2.24, 2.45) is 11.0 Å². The first-order valence-electron chi connectivity index (χ1n) is 11.7. The Bertz CT molecular complexity index is 1090. The van der Waals surface area contributed by atoms with E-state index in [2.05, 4.69) is 15.3 Å². The molecule has 1 N–H and O–H groups in total. The van der Waals surface area contributed by atoms with E-state index in [-0.39, 0.29) is 29.3 Å². The number of nitrogens with one attached hydrogen (secondary N) is 1. The van der Waals surface area contributed by atoms with Gasteiger partial charge in [0.25, 0.3) is 5.91 Å². The molecular formula is C23H31N5O6S. The molecule has 1 saturated heterocycles. The Hall–Kier alpha value is -3.11. The Balaban J connectivity index is 1.84. The van der Waals surface area contributed by atoms with Crippen molar-refractivity contribution in [1.29, 1.82) is 0 Å². The lowest BCUT2D eigenvalue weighted by Gasteiger charge is -2.31. The number of azide groups is 1. The number of nitrogens with zero attached hydrogens (tertiary/aromatic N) is 4. The molecule has 3 rings (SSSR count). The summed E-state index contributed by atoms with van der Waals surface area (Å²) in [5.74, 6) is -1.30. The number of carbonyl (C=O) groups is 3. The fourth-order valence-electron chi connectivity index (χ4n) is 4.85. The Labute approximate surface area is 204 Å². The number of methoxy groups -OCH3 is 1. The highest BCUT2D eigenvalue weighted by atomic mass is 32.2. The van der Waals surface area contributed by atoms with E-state index in [4.69, 9.17) is 10.3 Å². The van der Waals surface area contributed by atoms with E-state index in [1.54, 1.807) is 0 Å². The van der Waals surface area contributed by atoms with E-state index in [9.17, 15) is 22.8 Å². The summed E-state index contributed by atoms with van der Waals surface area (Å²) in [6.07, 6.45) is 6.80. The van der Waals surface area contributed by atoms with Crippen molar-refractivity contribution >= 4 is 27.6 Å². The molecule has 1 saturated carbocycles. The fourth-order valence-corrected chi connectivity index (χ4v) is 5.48. The molecule has 190 valence electrons. The number of rotatable bonds is 8. The fraction of sp³-hybridized carbons (Fsp3) is 0.609. The van der Waals surface area contributed by atoms with Crippen molar-refractivity contribution in [1.82, 2.24) is 10.2 Å². The number of hydrogen-bond acceptors (Lipinski definition) is 7. The van der Waals surface area contributed by atoms with Crippen LogP contribution in [0.3, 0.4) is 0 Å². The number of carbonyl (C=O) groups excluding carboxylic acids is 3. The third-order valence-electron chi connectivity index (χ3n) is 6.69. The first-order chi connectivity index (χ1) is 16.6. The van der Waals surface area contributed by atoms with Crippen LogP contribution in [0.25, 0.3) is 10.4 Å². The number of esters is 1. The van der Waals surface area contributed by atoms with E-state index in [1.165, 1.54) is 36.3 Å². The second-order valence-corrected chi connectivity index (χ2v) is 11.2. The molecule has 0 spiro atoms. The number of benzene rings is 1. The molecule has 1 aliphatic heterocycles. The highest BCUT2D eigenvalue weighted by Crippen LogP contribution is 2.29. The number of ether oxygens (including phenoxy) is 1. The number of sulfone groups is 1. The summed E-state index contributed by atoms with van der Waals surface area (Å²) in [5.41, 5.74) is 9.04.